The van der Waals surface area contributed by atoms with Crippen molar-refractivity contribution in [3.05, 3.63) is 65.0 Å². The highest BCUT2D eigenvalue weighted by atomic mass is 14.9. The summed E-state index contributed by atoms with van der Waals surface area (Å²) in [6, 6.07) is 13.4. The number of aromatic nitrogens is 1. The summed E-state index contributed by atoms with van der Waals surface area (Å²) >= 11 is 0. The maximum Gasteiger partial charge on any atom is 0.0422 e. The third kappa shape index (κ3) is 4.17. The minimum absolute atomic E-state index is 0.339. The fourth-order valence-electron chi connectivity index (χ4n) is 2.25. The summed E-state index contributed by atoms with van der Waals surface area (Å²) in [6.07, 6.45) is 4.02. The van der Waals surface area contributed by atoms with Gasteiger partial charge in [0, 0.05) is 24.4 Å². The van der Waals surface area contributed by atoms with Crippen molar-refractivity contribution in [1.29, 1.82) is 0 Å². The summed E-state index contributed by atoms with van der Waals surface area (Å²) in [5, 5.41) is 3.63. The van der Waals surface area contributed by atoms with E-state index >= 15 is 0 Å². The fourth-order valence-corrected chi connectivity index (χ4v) is 2.25. The average molecular weight is 268 g/mol. The molecule has 0 fully saturated rings. The quantitative estimate of drug-likeness (QED) is 0.857. The highest BCUT2D eigenvalue weighted by Gasteiger charge is 2.12. The molecule has 0 bridgehead atoms. The van der Waals surface area contributed by atoms with Crippen LogP contribution in [0.1, 0.15) is 41.8 Å². The van der Waals surface area contributed by atoms with Crippen molar-refractivity contribution in [3.63, 3.8) is 0 Å². The fraction of sp³-hybridized carbons (Fsp3) is 0.389. The summed E-state index contributed by atoms with van der Waals surface area (Å²) in [4.78, 5) is 4.53. The Morgan fingerprint density at radius 2 is 1.70 bits per heavy atom. The monoisotopic (exact) mass is 268 g/mol. The minimum atomic E-state index is 0.339. The van der Waals surface area contributed by atoms with Gasteiger partial charge in [-0.15, -0.1) is 0 Å². The molecule has 106 valence electrons. The molecule has 1 aromatic carbocycles. The van der Waals surface area contributed by atoms with Crippen LogP contribution in [-0.2, 0) is 6.42 Å². The lowest BCUT2D eigenvalue weighted by Gasteiger charge is -2.19. The molecule has 0 aliphatic rings. The molecule has 0 saturated carbocycles. The molecule has 0 aliphatic heterocycles. The van der Waals surface area contributed by atoms with Crippen LogP contribution in [0.4, 0.5) is 0 Å². The van der Waals surface area contributed by atoms with Crippen molar-refractivity contribution in [2.45, 2.75) is 39.7 Å². The Morgan fingerprint density at radius 3 is 2.30 bits per heavy atom. The second kappa shape index (κ2) is 7.20. The first-order chi connectivity index (χ1) is 9.69. The molecule has 1 atom stereocenters. The minimum Gasteiger partial charge on any atom is -0.310 e. The van der Waals surface area contributed by atoms with Crippen LogP contribution in [0.3, 0.4) is 0 Å². The van der Waals surface area contributed by atoms with Crippen LogP contribution in [0.2, 0.25) is 0 Å². The molecule has 1 N–H and O–H groups in total. The Hall–Kier alpha value is -1.67. The summed E-state index contributed by atoms with van der Waals surface area (Å²) in [7, 11) is 0. The maximum atomic E-state index is 4.53. The molecule has 0 saturated heterocycles. The van der Waals surface area contributed by atoms with Gasteiger partial charge in [0.1, 0.15) is 0 Å². The first-order valence-corrected chi connectivity index (χ1v) is 7.40. The second-order valence-corrected chi connectivity index (χ2v) is 5.45. The van der Waals surface area contributed by atoms with Crippen LogP contribution < -0.4 is 5.32 Å². The number of benzene rings is 1. The Bertz CT molecular complexity index is 514. The van der Waals surface area contributed by atoms with Gasteiger partial charge >= 0.3 is 0 Å². The molecule has 1 unspecified atom stereocenters. The summed E-state index contributed by atoms with van der Waals surface area (Å²) in [6.45, 7) is 7.43. The van der Waals surface area contributed by atoms with Gasteiger partial charge in [-0.05, 0) is 44.0 Å². The van der Waals surface area contributed by atoms with Gasteiger partial charge < -0.3 is 5.32 Å². The molecule has 2 rings (SSSR count). The zero-order valence-corrected chi connectivity index (χ0v) is 12.7. The van der Waals surface area contributed by atoms with Crippen molar-refractivity contribution in [2.75, 3.05) is 6.54 Å². The lowest BCUT2D eigenvalue weighted by molar-refractivity contribution is 0.524. The predicted octanol–water partition coefficient (Wildman–Crippen LogP) is 3.98. The highest BCUT2D eigenvalue weighted by molar-refractivity contribution is 5.25. The summed E-state index contributed by atoms with van der Waals surface area (Å²) in [5.41, 5.74) is 5.00. The number of hydrogen-bond acceptors (Lipinski definition) is 2. The lowest BCUT2D eigenvalue weighted by Crippen LogP contribution is -2.24. The molecule has 2 nitrogen and oxygen atoms in total. The van der Waals surface area contributed by atoms with Crippen LogP contribution in [-0.4, -0.2) is 11.5 Å². The molecular weight excluding hydrogens is 244 g/mol. The lowest BCUT2D eigenvalue weighted by atomic mass is 10.00. The van der Waals surface area contributed by atoms with E-state index in [1.165, 1.54) is 16.7 Å². The van der Waals surface area contributed by atoms with E-state index in [-0.39, 0.29) is 0 Å². The molecule has 0 aliphatic carbocycles. The zero-order valence-electron chi connectivity index (χ0n) is 12.7. The van der Waals surface area contributed by atoms with Gasteiger partial charge in [0.05, 0.1) is 0 Å². The first-order valence-electron chi connectivity index (χ1n) is 7.40. The largest absolute Gasteiger partial charge is 0.310 e. The molecule has 1 aromatic heterocycles. The number of rotatable bonds is 6. The van der Waals surface area contributed by atoms with E-state index in [9.17, 15) is 0 Å². The molecular formula is C18H24N2. The van der Waals surface area contributed by atoms with Gasteiger partial charge in [-0.25, -0.2) is 0 Å². The van der Waals surface area contributed by atoms with Crippen LogP contribution >= 0.6 is 0 Å². The number of nitrogens with zero attached hydrogens (tertiary/aromatic N) is 1. The molecule has 0 spiro atoms. The van der Waals surface area contributed by atoms with Gasteiger partial charge in [0.25, 0.3) is 0 Å². The predicted molar refractivity (Wildman–Crippen MR) is 84.9 cm³/mol. The molecule has 1 heterocycles. The van der Waals surface area contributed by atoms with Crippen LogP contribution in [0.15, 0.2) is 42.6 Å². The van der Waals surface area contributed by atoms with Crippen molar-refractivity contribution in [3.8, 4) is 0 Å². The van der Waals surface area contributed by atoms with E-state index in [0.717, 1.165) is 25.1 Å². The van der Waals surface area contributed by atoms with E-state index < -0.39 is 0 Å². The van der Waals surface area contributed by atoms with E-state index in [4.69, 9.17) is 0 Å². The van der Waals surface area contributed by atoms with Crippen molar-refractivity contribution >= 4 is 0 Å². The van der Waals surface area contributed by atoms with Gasteiger partial charge in [-0.3, -0.25) is 4.98 Å². The van der Waals surface area contributed by atoms with Crippen LogP contribution in [0.5, 0.6) is 0 Å². The van der Waals surface area contributed by atoms with Crippen LogP contribution in [0, 0.1) is 13.8 Å². The Labute approximate surface area is 122 Å². The smallest absolute Gasteiger partial charge is 0.0422 e. The standard InChI is InChI=1S/C18H24N2/c1-4-11-19-18(16-8-5-14(2)6-9-16)12-17-10-7-15(3)13-20-17/h5-10,13,18-19H,4,11-12H2,1-3H3. The Kier molecular flexibility index (Phi) is 5.31. The Balaban J connectivity index is 2.14. The molecule has 20 heavy (non-hydrogen) atoms. The van der Waals surface area contributed by atoms with E-state index in [2.05, 4.69) is 67.5 Å². The number of nitrogens with one attached hydrogen (secondary N) is 1. The van der Waals surface area contributed by atoms with E-state index in [1.807, 2.05) is 6.20 Å². The zero-order chi connectivity index (χ0) is 14.4. The van der Waals surface area contributed by atoms with Gasteiger partial charge in [0.2, 0.25) is 0 Å². The summed E-state index contributed by atoms with van der Waals surface area (Å²) < 4.78 is 0. The van der Waals surface area contributed by atoms with Crippen molar-refractivity contribution in [2.24, 2.45) is 0 Å². The number of pyridine rings is 1. The molecule has 2 heteroatoms. The highest BCUT2D eigenvalue weighted by Crippen LogP contribution is 2.18. The second-order valence-electron chi connectivity index (χ2n) is 5.45. The van der Waals surface area contributed by atoms with Crippen LogP contribution in [0.25, 0.3) is 0 Å². The van der Waals surface area contributed by atoms with E-state index in [0.29, 0.717) is 6.04 Å². The SMILES string of the molecule is CCCNC(Cc1ccc(C)cn1)c1ccc(C)cc1. The average Bonchev–Trinajstić information content (AvgIpc) is 2.46. The van der Waals surface area contributed by atoms with Crippen molar-refractivity contribution in [1.82, 2.24) is 10.3 Å². The van der Waals surface area contributed by atoms with Gasteiger partial charge in [-0.2, -0.15) is 0 Å². The van der Waals surface area contributed by atoms with E-state index in [1.54, 1.807) is 0 Å². The Morgan fingerprint density at radius 1 is 1.00 bits per heavy atom. The van der Waals surface area contributed by atoms with Gasteiger partial charge in [0.15, 0.2) is 0 Å². The van der Waals surface area contributed by atoms with Crippen molar-refractivity contribution < 1.29 is 0 Å². The first kappa shape index (κ1) is 14.7. The summed E-state index contributed by atoms with van der Waals surface area (Å²) in [5.74, 6) is 0. The number of hydrogen-bond donors (Lipinski definition) is 1. The van der Waals surface area contributed by atoms with Gasteiger partial charge in [-0.1, -0.05) is 42.8 Å². The number of aryl methyl sites for hydroxylation is 2. The molecule has 0 radical (unpaired) electrons. The molecule has 2 aromatic rings. The molecule has 0 amide bonds. The normalized spacial score (nSPS) is 12.3. The third-order valence-electron chi connectivity index (χ3n) is 3.51. The topological polar surface area (TPSA) is 24.9 Å². The maximum absolute atomic E-state index is 4.53. The third-order valence-corrected chi connectivity index (χ3v) is 3.51.